The summed E-state index contributed by atoms with van der Waals surface area (Å²) in [6.07, 6.45) is 0. The first-order valence-electron chi connectivity index (χ1n) is 3.80. The molecule has 0 N–H and O–H groups in total. The molecule has 1 aliphatic rings. The Bertz CT molecular complexity index is 297. The van der Waals surface area contributed by atoms with Gasteiger partial charge < -0.3 is 4.74 Å². The van der Waals surface area contributed by atoms with Gasteiger partial charge in [-0.05, 0) is 23.8 Å². The van der Waals surface area contributed by atoms with E-state index in [-0.39, 0.29) is 11.7 Å². The van der Waals surface area contributed by atoms with Crippen LogP contribution in [0, 0.1) is 5.82 Å². The zero-order valence-corrected chi connectivity index (χ0v) is 7.97. The van der Waals surface area contributed by atoms with Crippen LogP contribution in [0.25, 0.3) is 0 Å². The Morgan fingerprint density at radius 3 is 2.75 bits per heavy atom. The Labute approximate surface area is 78.7 Å². The fourth-order valence-electron chi connectivity index (χ4n) is 1.24. The summed E-state index contributed by atoms with van der Waals surface area (Å²) in [5, 5.41) is 0. The third-order valence-corrected chi connectivity index (χ3v) is 2.53. The Morgan fingerprint density at radius 1 is 1.42 bits per heavy atom. The van der Waals surface area contributed by atoms with Crippen molar-refractivity contribution in [2.45, 2.75) is 5.92 Å². The van der Waals surface area contributed by atoms with Crippen molar-refractivity contribution in [1.29, 1.82) is 0 Å². The summed E-state index contributed by atoms with van der Waals surface area (Å²) in [5.41, 5.74) is 0.760. The minimum Gasteiger partial charge on any atom is -0.380 e. The number of benzene rings is 1. The maximum absolute atomic E-state index is 13.2. The summed E-state index contributed by atoms with van der Waals surface area (Å²) < 4.78 is 19.1. The van der Waals surface area contributed by atoms with Gasteiger partial charge in [-0.1, -0.05) is 15.9 Å². The molecule has 2 rings (SSSR count). The number of rotatable bonds is 1. The molecule has 0 aromatic heterocycles. The van der Waals surface area contributed by atoms with Gasteiger partial charge in [-0.2, -0.15) is 0 Å². The summed E-state index contributed by atoms with van der Waals surface area (Å²) in [7, 11) is 0. The lowest BCUT2D eigenvalue weighted by atomic mass is 9.97. The summed E-state index contributed by atoms with van der Waals surface area (Å²) in [6, 6.07) is 5.01. The van der Waals surface area contributed by atoms with Gasteiger partial charge in [0.25, 0.3) is 0 Å². The van der Waals surface area contributed by atoms with Gasteiger partial charge in [0.15, 0.2) is 0 Å². The Hall–Kier alpha value is -0.410. The zero-order chi connectivity index (χ0) is 8.55. The maximum atomic E-state index is 13.2. The Balaban J connectivity index is 2.34. The van der Waals surface area contributed by atoms with Crippen LogP contribution in [0.4, 0.5) is 4.39 Å². The number of hydrogen-bond acceptors (Lipinski definition) is 1. The van der Waals surface area contributed by atoms with Gasteiger partial charge in [0.1, 0.15) is 5.82 Å². The van der Waals surface area contributed by atoms with Crippen molar-refractivity contribution in [3.8, 4) is 0 Å². The third kappa shape index (κ3) is 1.39. The van der Waals surface area contributed by atoms with Crippen molar-refractivity contribution in [2.75, 3.05) is 13.2 Å². The monoisotopic (exact) mass is 230 g/mol. The molecule has 12 heavy (non-hydrogen) atoms. The summed E-state index contributed by atoms with van der Waals surface area (Å²) in [6.45, 7) is 1.29. The van der Waals surface area contributed by atoms with Gasteiger partial charge in [-0.15, -0.1) is 0 Å². The van der Waals surface area contributed by atoms with Crippen molar-refractivity contribution in [3.63, 3.8) is 0 Å². The van der Waals surface area contributed by atoms with Crippen LogP contribution in [0.2, 0.25) is 0 Å². The van der Waals surface area contributed by atoms with Crippen molar-refractivity contribution in [3.05, 3.63) is 34.1 Å². The summed E-state index contributed by atoms with van der Waals surface area (Å²) in [5.74, 6) is 0.119. The zero-order valence-electron chi connectivity index (χ0n) is 6.39. The molecule has 1 fully saturated rings. The van der Waals surface area contributed by atoms with Crippen molar-refractivity contribution < 1.29 is 9.13 Å². The Morgan fingerprint density at radius 2 is 2.17 bits per heavy atom. The molecule has 1 heterocycles. The molecule has 1 aromatic carbocycles. The van der Waals surface area contributed by atoms with E-state index in [2.05, 4.69) is 15.9 Å². The van der Waals surface area contributed by atoms with E-state index in [0.29, 0.717) is 13.2 Å². The fraction of sp³-hybridized carbons (Fsp3) is 0.333. The third-order valence-electron chi connectivity index (χ3n) is 2.04. The van der Waals surface area contributed by atoms with E-state index in [1.807, 2.05) is 6.07 Å². The molecule has 3 heteroatoms. The largest absolute Gasteiger partial charge is 0.380 e. The molecule has 0 bridgehead atoms. The molecule has 0 atom stereocenters. The fourth-order valence-corrected chi connectivity index (χ4v) is 1.62. The van der Waals surface area contributed by atoms with Crippen LogP contribution in [0.15, 0.2) is 22.7 Å². The van der Waals surface area contributed by atoms with Crippen LogP contribution < -0.4 is 0 Å². The highest BCUT2D eigenvalue weighted by Crippen LogP contribution is 2.28. The molecule has 64 valence electrons. The van der Waals surface area contributed by atoms with E-state index in [0.717, 1.165) is 10.0 Å². The highest BCUT2D eigenvalue weighted by molar-refractivity contribution is 9.10. The lowest BCUT2D eigenvalue weighted by Crippen LogP contribution is -2.25. The normalized spacial score (nSPS) is 17.5. The predicted octanol–water partition coefficient (Wildman–Crippen LogP) is 2.70. The van der Waals surface area contributed by atoms with Crippen molar-refractivity contribution in [1.82, 2.24) is 0 Å². The molecule has 0 radical (unpaired) electrons. The molecule has 0 unspecified atom stereocenters. The van der Waals surface area contributed by atoms with E-state index in [1.54, 1.807) is 6.07 Å². The molecular formula is C9H8BrFO. The molecule has 0 amide bonds. The van der Waals surface area contributed by atoms with Gasteiger partial charge in [0.2, 0.25) is 0 Å². The number of hydrogen-bond donors (Lipinski definition) is 0. The first-order valence-corrected chi connectivity index (χ1v) is 4.59. The van der Waals surface area contributed by atoms with E-state index in [9.17, 15) is 4.39 Å². The van der Waals surface area contributed by atoms with Crippen molar-refractivity contribution >= 4 is 15.9 Å². The molecular weight excluding hydrogens is 223 g/mol. The second-order valence-corrected chi connectivity index (χ2v) is 3.82. The van der Waals surface area contributed by atoms with Crippen molar-refractivity contribution in [2.24, 2.45) is 0 Å². The standard InChI is InChI=1S/C9H8BrFO/c10-7-1-2-9(11)8(3-7)6-4-12-5-6/h1-3,6H,4-5H2. The molecule has 1 nitrogen and oxygen atoms in total. The van der Waals surface area contributed by atoms with E-state index in [1.165, 1.54) is 6.07 Å². The van der Waals surface area contributed by atoms with Crippen LogP contribution in [0.5, 0.6) is 0 Å². The second-order valence-electron chi connectivity index (χ2n) is 2.90. The average molecular weight is 231 g/mol. The number of halogens is 2. The predicted molar refractivity (Wildman–Crippen MR) is 47.7 cm³/mol. The van der Waals surface area contributed by atoms with Crippen LogP contribution in [0.3, 0.4) is 0 Å². The second kappa shape index (κ2) is 3.15. The van der Waals surface area contributed by atoms with Crippen LogP contribution in [0.1, 0.15) is 11.5 Å². The molecule has 1 aromatic rings. The minimum absolute atomic E-state index is 0.133. The number of ether oxygens (including phenoxy) is 1. The first kappa shape index (κ1) is 8.20. The van der Waals surface area contributed by atoms with Crippen LogP contribution >= 0.6 is 15.9 Å². The van der Waals surface area contributed by atoms with E-state index in [4.69, 9.17) is 4.74 Å². The summed E-state index contributed by atoms with van der Waals surface area (Å²) in [4.78, 5) is 0. The highest BCUT2D eigenvalue weighted by Gasteiger charge is 2.23. The van der Waals surface area contributed by atoms with E-state index >= 15 is 0 Å². The molecule has 1 saturated heterocycles. The molecule has 0 saturated carbocycles. The van der Waals surface area contributed by atoms with Gasteiger partial charge in [-0.25, -0.2) is 4.39 Å². The molecule has 0 aliphatic carbocycles. The lowest BCUT2D eigenvalue weighted by Gasteiger charge is -2.26. The summed E-state index contributed by atoms with van der Waals surface area (Å²) >= 11 is 3.31. The lowest BCUT2D eigenvalue weighted by molar-refractivity contribution is 0.00701. The molecule has 0 spiro atoms. The quantitative estimate of drug-likeness (QED) is 0.721. The first-order chi connectivity index (χ1) is 5.77. The van der Waals surface area contributed by atoms with Gasteiger partial charge >= 0.3 is 0 Å². The van der Waals surface area contributed by atoms with Gasteiger partial charge in [0, 0.05) is 10.4 Å². The SMILES string of the molecule is Fc1ccc(Br)cc1C1COC1. The highest BCUT2D eigenvalue weighted by atomic mass is 79.9. The maximum Gasteiger partial charge on any atom is 0.126 e. The molecule has 1 aliphatic heterocycles. The van der Waals surface area contributed by atoms with Gasteiger partial charge in [-0.3, -0.25) is 0 Å². The average Bonchev–Trinajstić information content (AvgIpc) is 1.93. The van der Waals surface area contributed by atoms with Crippen LogP contribution in [-0.4, -0.2) is 13.2 Å². The van der Waals surface area contributed by atoms with Crippen LogP contribution in [-0.2, 0) is 4.74 Å². The van der Waals surface area contributed by atoms with Gasteiger partial charge in [0.05, 0.1) is 13.2 Å². The van der Waals surface area contributed by atoms with E-state index < -0.39 is 0 Å². The Kier molecular flexibility index (Phi) is 2.15. The smallest absolute Gasteiger partial charge is 0.126 e. The topological polar surface area (TPSA) is 9.23 Å². The minimum atomic E-state index is -0.133.